The maximum atomic E-state index is 11.4. The molecule has 1 atom stereocenters. The van der Waals surface area contributed by atoms with E-state index in [-0.39, 0.29) is 0 Å². The van der Waals surface area contributed by atoms with Gasteiger partial charge in [-0.25, -0.2) is 0 Å². The lowest BCUT2D eigenvalue weighted by Gasteiger charge is -2.06. The van der Waals surface area contributed by atoms with Crippen LogP contribution < -0.4 is 0 Å². The van der Waals surface area contributed by atoms with Gasteiger partial charge < -0.3 is 5.11 Å². The predicted molar refractivity (Wildman–Crippen MR) is 40.9 cm³/mol. The Hall–Kier alpha value is -0.530. The van der Waals surface area contributed by atoms with E-state index in [4.69, 9.17) is 25.7 Å². The van der Waals surface area contributed by atoms with Crippen molar-refractivity contribution < 1.29 is 30.5 Å². The maximum absolute atomic E-state index is 11.4. The van der Waals surface area contributed by atoms with Crippen molar-refractivity contribution in [2.24, 2.45) is 5.89 Å². The minimum Gasteiger partial charge on any atom is -0.481 e. The van der Waals surface area contributed by atoms with Crippen LogP contribution in [0.15, 0.2) is 0 Å². The highest BCUT2D eigenvalue weighted by molar-refractivity contribution is 5.69. The molecular formula is C8H16O2. The van der Waals surface area contributed by atoms with Gasteiger partial charge in [0.2, 0.25) is 0 Å². The van der Waals surface area contributed by atoms with Gasteiger partial charge in [-0.1, -0.05) is 26.4 Å². The molecule has 0 amide bonds. The first-order valence-electron chi connectivity index (χ1n) is 9.68. The quantitative estimate of drug-likeness (QED) is 0.668. The summed E-state index contributed by atoms with van der Waals surface area (Å²) < 4.78 is 110. The van der Waals surface area contributed by atoms with E-state index in [2.05, 4.69) is 0 Å². The summed E-state index contributed by atoms with van der Waals surface area (Å²) in [6.45, 7) is -7.74. The number of hydrogen-bond donors (Lipinski definition) is 1. The summed E-state index contributed by atoms with van der Waals surface area (Å²) in [4.78, 5) is 11.4. The lowest BCUT2D eigenvalue weighted by molar-refractivity contribution is -0.142. The van der Waals surface area contributed by atoms with E-state index < -0.39 is 51.1 Å². The Labute approximate surface area is 83.3 Å². The molecule has 0 aliphatic carbocycles. The van der Waals surface area contributed by atoms with Crippen molar-refractivity contribution >= 4 is 5.97 Å². The molecule has 0 fully saturated rings. The Kier molecular flexibility index (Phi) is 0.650. The summed E-state index contributed by atoms with van der Waals surface area (Å²) in [6.07, 6.45) is -17.0. The molecule has 2 heteroatoms. The van der Waals surface area contributed by atoms with Crippen LogP contribution >= 0.6 is 0 Å². The third-order valence-corrected chi connectivity index (χ3v) is 0.589. The average Bonchev–Trinajstić information content (AvgIpc) is 2.33. The zero-order valence-electron chi connectivity index (χ0n) is 19.9. The van der Waals surface area contributed by atoms with Crippen LogP contribution in [0.1, 0.15) is 59.8 Å². The number of carbonyl (C=O) groups is 1. The van der Waals surface area contributed by atoms with Crippen molar-refractivity contribution in [2.45, 2.75) is 39.2 Å². The summed E-state index contributed by atoms with van der Waals surface area (Å²) >= 11 is 0. The molecule has 0 radical (unpaired) electrons. The molecule has 2 nitrogen and oxygen atoms in total. The highest BCUT2D eigenvalue weighted by atomic mass is 16.4. The molecule has 0 saturated heterocycles. The number of hydrogen-bond acceptors (Lipinski definition) is 1. The van der Waals surface area contributed by atoms with E-state index in [1.807, 2.05) is 0 Å². The lowest BCUT2D eigenvalue weighted by atomic mass is 10.00. The molecule has 0 unspecified atom stereocenters. The number of carboxylic acid groups (broad SMARTS) is 1. The SMILES string of the molecule is [2H]C([2H])([2H])C([2H])([2H])C([2H])([2H])C([2H])([2H])[C@@]([2H])(C(=O)O)C([2H])([2H])C([2H])([2H])[2H]. The van der Waals surface area contributed by atoms with Gasteiger partial charge in [0.05, 0.1) is 5.89 Å². The third-order valence-electron chi connectivity index (χ3n) is 0.589. The molecule has 0 aromatic rings. The lowest BCUT2D eigenvalue weighted by Crippen LogP contribution is -2.11. The van der Waals surface area contributed by atoms with Crippen molar-refractivity contribution in [3.63, 3.8) is 0 Å². The average molecular weight is 159 g/mol. The van der Waals surface area contributed by atoms with Crippen LogP contribution in [0.5, 0.6) is 0 Å². The Morgan fingerprint density at radius 3 is 3.20 bits per heavy atom. The van der Waals surface area contributed by atoms with Gasteiger partial charge in [-0.2, -0.15) is 0 Å². The van der Waals surface area contributed by atoms with Gasteiger partial charge in [0, 0.05) is 20.6 Å². The van der Waals surface area contributed by atoms with Crippen molar-refractivity contribution in [2.75, 3.05) is 0 Å². The highest BCUT2D eigenvalue weighted by Crippen LogP contribution is 2.11. The van der Waals surface area contributed by atoms with Gasteiger partial charge in [-0.05, 0) is 12.7 Å². The van der Waals surface area contributed by atoms with Crippen LogP contribution in [-0.2, 0) is 4.79 Å². The fourth-order valence-electron chi connectivity index (χ4n) is 0.232. The third kappa shape index (κ3) is 3.49. The fourth-order valence-corrected chi connectivity index (χ4v) is 0.232. The van der Waals surface area contributed by atoms with E-state index in [0.29, 0.717) is 0 Å². The zero-order valence-corrected chi connectivity index (χ0v) is 4.86. The Bertz CT molecular complexity index is 529. The first kappa shape index (κ1) is 1.23. The summed E-state index contributed by atoms with van der Waals surface area (Å²) in [7, 11) is 0. The Morgan fingerprint density at radius 2 is 2.70 bits per heavy atom. The number of carboxylic acids is 1. The van der Waals surface area contributed by atoms with Gasteiger partial charge in [0.25, 0.3) is 0 Å². The molecule has 0 bridgehead atoms. The molecule has 0 spiro atoms. The largest absolute Gasteiger partial charge is 0.481 e. The van der Waals surface area contributed by atoms with Crippen molar-refractivity contribution in [3.8, 4) is 0 Å². The second-order valence-corrected chi connectivity index (χ2v) is 1.18. The highest BCUT2D eigenvalue weighted by Gasteiger charge is 2.12. The summed E-state index contributed by atoms with van der Waals surface area (Å²) in [6, 6.07) is 0. The van der Waals surface area contributed by atoms with Crippen molar-refractivity contribution in [1.82, 2.24) is 0 Å². The molecule has 0 aliphatic heterocycles. The summed E-state index contributed by atoms with van der Waals surface area (Å²) in [5.74, 6) is -7.14. The Morgan fingerprint density at radius 1 is 1.90 bits per heavy atom. The van der Waals surface area contributed by atoms with Crippen LogP contribution in [0.4, 0.5) is 0 Å². The van der Waals surface area contributed by atoms with Gasteiger partial charge in [-0.3, -0.25) is 4.79 Å². The zero-order chi connectivity index (χ0) is 21.1. The first-order chi connectivity index (χ1) is 10.4. The van der Waals surface area contributed by atoms with E-state index >= 15 is 0 Å². The predicted octanol–water partition coefficient (Wildman–Crippen LogP) is 2.29. The smallest absolute Gasteiger partial charge is 0.306 e. The van der Waals surface area contributed by atoms with E-state index in [1.54, 1.807) is 0 Å². The van der Waals surface area contributed by atoms with Crippen molar-refractivity contribution in [1.29, 1.82) is 0 Å². The summed E-state index contributed by atoms with van der Waals surface area (Å²) in [5.41, 5.74) is 0. The van der Waals surface area contributed by atoms with Gasteiger partial charge in [0.15, 0.2) is 0 Å². The molecule has 0 aliphatic rings. The molecule has 10 heavy (non-hydrogen) atoms. The molecule has 1 N–H and O–H groups in total. The second kappa shape index (κ2) is 5.27. The summed E-state index contributed by atoms with van der Waals surface area (Å²) in [5, 5.41) is 9.15. The molecule has 0 aromatic carbocycles. The Balaban J connectivity index is 6.85. The molecule has 0 aromatic heterocycles. The van der Waals surface area contributed by atoms with Crippen LogP contribution in [0.2, 0.25) is 0 Å². The van der Waals surface area contributed by atoms with Crippen LogP contribution in [-0.4, -0.2) is 11.1 Å². The van der Waals surface area contributed by atoms with Crippen molar-refractivity contribution in [3.05, 3.63) is 0 Å². The minimum absolute atomic E-state index is 2.73. The molecule has 0 saturated carbocycles. The standard InChI is InChI=1S/C8H16O2/c1-3-5-6-7(4-2)8(9)10/h7H,3-6H2,1-2H3,(H,9,10)/t7-/m0/s1/i1D3,2D3,3D2,4D2,5D2,6D2,7D. The van der Waals surface area contributed by atoms with Crippen LogP contribution in [0.3, 0.4) is 0 Å². The van der Waals surface area contributed by atoms with Crippen LogP contribution in [0.25, 0.3) is 0 Å². The molecule has 0 rings (SSSR count). The topological polar surface area (TPSA) is 37.3 Å². The van der Waals surface area contributed by atoms with E-state index in [1.165, 1.54) is 0 Å². The van der Waals surface area contributed by atoms with Gasteiger partial charge in [-0.15, -0.1) is 0 Å². The first-order valence-corrected chi connectivity index (χ1v) is 2.18. The van der Waals surface area contributed by atoms with Gasteiger partial charge >= 0.3 is 5.97 Å². The maximum Gasteiger partial charge on any atom is 0.306 e. The normalized spacial score (nSPS) is 46.6. The molecule has 60 valence electrons. The molecule has 0 heterocycles. The van der Waals surface area contributed by atoms with Crippen LogP contribution in [0, 0.1) is 5.89 Å². The fraction of sp³-hybridized carbons (Fsp3) is 0.875. The van der Waals surface area contributed by atoms with E-state index in [0.717, 1.165) is 0 Å². The minimum atomic E-state index is -4.42. The number of aliphatic carboxylic acids is 1. The van der Waals surface area contributed by atoms with E-state index in [9.17, 15) is 4.79 Å². The molecular weight excluding hydrogens is 128 g/mol. The monoisotopic (exact) mass is 159 g/mol. The second-order valence-electron chi connectivity index (χ2n) is 1.18. The van der Waals surface area contributed by atoms with Gasteiger partial charge in [0.1, 0.15) is 0 Å². The number of rotatable bonds is 5.